The van der Waals surface area contributed by atoms with Gasteiger partial charge in [-0.1, -0.05) is 35.9 Å². The first-order valence-electron chi connectivity index (χ1n) is 4.96. The van der Waals surface area contributed by atoms with Crippen LogP contribution < -0.4 is 5.73 Å². The third-order valence-corrected chi connectivity index (χ3v) is 2.84. The number of rotatable bonds is 1. The molecule has 2 N–H and O–H groups in total. The van der Waals surface area contributed by atoms with Crippen LogP contribution in [-0.2, 0) is 5.54 Å². The topological polar surface area (TPSA) is 26.0 Å². The van der Waals surface area contributed by atoms with Gasteiger partial charge >= 0.3 is 0 Å². The molecule has 0 aliphatic carbocycles. The highest BCUT2D eigenvalue weighted by Crippen LogP contribution is 2.30. The van der Waals surface area contributed by atoms with Gasteiger partial charge in [0.2, 0.25) is 0 Å². The Morgan fingerprint density at radius 3 is 2.13 bits per heavy atom. The van der Waals surface area contributed by atoms with Crippen molar-refractivity contribution in [1.29, 1.82) is 0 Å². The molecule has 2 aromatic rings. The highest BCUT2D eigenvalue weighted by Gasteiger charge is 2.17. The normalized spacial score (nSPS) is 12.0. The number of hydrogen-bond acceptors (Lipinski definition) is 1. The Morgan fingerprint density at radius 1 is 1.07 bits per heavy atom. The Balaban J connectivity index is 2.73. The first-order valence-corrected chi connectivity index (χ1v) is 5.34. The molecule has 0 bridgehead atoms. The molecule has 0 fully saturated rings. The molecule has 0 amide bonds. The predicted octanol–water partition coefficient (Wildman–Crippen LogP) is 3.69. The lowest BCUT2D eigenvalue weighted by Crippen LogP contribution is -2.28. The van der Waals surface area contributed by atoms with Crippen LogP contribution in [0.15, 0.2) is 36.4 Å². The summed E-state index contributed by atoms with van der Waals surface area (Å²) in [6.07, 6.45) is 0. The SMILES string of the molecule is CC(C)(N)c1cc2ccccc2cc1Cl. The zero-order valence-electron chi connectivity index (χ0n) is 8.92. The number of halogens is 1. The van der Waals surface area contributed by atoms with Crippen molar-refractivity contribution in [1.82, 2.24) is 0 Å². The molecule has 0 aliphatic heterocycles. The van der Waals surface area contributed by atoms with Crippen molar-refractivity contribution in [3.8, 4) is 0 Å². The Morgan fingerprint density at radius 2 is 1.60 bits per heavy atom. The van der Waals surface area contributed by atoms with Crippen LogP contribution in [0.1, 0.15) is 19.4 Å². The second kappa shape index (κ2) is 3.51. The van der Waals surface area contributed by atoms with Crippen LogP contribution >= 0.6 is 11.6 Å². The Kier molecular flexibility index (Phi) is 2.45. The van der Waals surface area contributed by atoms with E-state index in [0.29, 0.717) is 0 Å². The van der Waals surface area contributed by atoms with E-state index in [9.17, 15) is 0 Å². The van der Waals surface area contributed by atoms with E-state index < -0.39 is 5.54 Å². The van der Waals surface area contributed by atoms with E-state index in [2.05, 4.69) is 18.2 Å². The molecule has 78 valence electrons. The van der Waals surface area contributed by atoms with Crippen molar-refractivity contribution in [2.75, 3.05) is 0 Å². The molecule has 2 aromatic carbocycles. The van der Waals surface area contributed by atoms with E-state index in [0.717, 1.165) is 16.0 Å². The van der Waals surface area contributed by atoms with Gasteiger partial charge in [-0.3, -0.25) is 0 Å². The molecule has 0 aliphatic rings. The van der Waals surface area contributed by atoms with E-state index in [1.165, 1.54) is 5.39 Å². The fraction of sp³-hybridized carbons (Fsp3) is 0.231. The zero-order valence-corrected chi connectivity index (χ0v) is 9.68. The molecule has 2 rings (SSSR count). The number of nitrogens with two attached hydrogens (primary N) is 1. The molecular weight excluding hydrogens is 206 g/mol. The van der Waals surface area contributed by atoms with Gasteiger partial charge in [0.05, 0.1) is 0 Å². The minimum atomic E-state index is -0.402. The van der Waals surface area contributed by atoms with Crippen LogP contribution in [0, 0.1) is 0 Å². The van der Waals surface area contributed by atoms with Gasteiger partial charge in [-0.05, 0) is 42.3 Å². The standard InChI is InChI=1S/C13H14ClN/c1-13(2,15)11-7-9-5-3-4-6-10(9)8-12(11)14/h3-8H,15H2,1-2H3. The summed E-state index contributed by atoms with van der Waals surface area (Å²) in [6, 6.07) is 12.2. The molecule has 0 heterocycles. The maximum Gasteiger partial charge on any atom is 0.0462 e. The second-order valence-electron chi connectivity index (χ2n) is 4.40. The van der Waals surface area contributed by atoms with Crippen LogP contribution in [0.4, 0.5) is 0 Å². The fourth-order valence-corrected chi connectivity index (χ4v) is 2.12. The summed E-state index contributed by atoms with van der Waals surface area (Å²) in [4.78, 5) is 0. The van der Waals surface area contributed by atoms with Gasteiger partial charge in [-0.2, -0.15) is 0 Å². The van der Waals surface area contributed by atoms with E-state index in [1.807, 2.05) is 32.0 Å². The highest BCUT2D eigenvalue weighted by atomic mass is 35.5. The number of fused-ring (bicyclic) bond motifs is 1. The van der Waals surface area contributed by atoms with Gasteiger partial charge in [0.1, 0.15) is 0 Å². The minimum Gasteiger partial charge on any atom is -0.322 e. The molecule has 0 saturated carbocycles. The molecular formula is C13H14ClN. The lowest BCUT2D eigenvalue weighted by atomic mass is 9.93. The highest BCUT2D eigenvalue weighted by molar-refractivity contribution is 6.32. The molecule has 2 heteroatoms. The van der Waals surface area contributed by atoms with E-state index in [1.54, 1.807) is 0 Å². The Bertz CT molecular complexity index is 497. The summed E-state index contributed by atoms with van der Waals surface area (Å²) in [5, 5.41) is 3.06. The maximum atomic E-state index is 6.21. The molecule has 0 radical (unpaired) electrons. The van der Waals surface area contributed by atoms with Crippen LogP contribution in [0.5, 0.6) is 0 Å². The molecule has 15 heavy (non-hydrogen) atoms. The average Bonchev–Trinajstić information content (AvgIpc) is 2.15. The van der Waals surface area contributed by atoms with Crippen molar-refractivity contribution < 1.29 is 0 Å². The maximum absolute atomic E-state index is 6.21. The van der Waals surface area contributed by atoms with Gasteiger partial charge in [0, 0.05) is 10.6 Å². The fourth-order valence-electron chi connectivity index (χ4n) is 1.71. The molecule has 0 spiro atoms. The minimum absolute atomic E-state index is 0.402. The number of hydrogen-bond donors (Lipinski definition) is 1. The third-order valence-electron chi connectivity index (χ3n) is 2.53. The average molecular weight is 220 g/mol. The predicted molar refractivity (Wildman–Crippen MR) is 66.2 cm³/mol. The Hall–Kier alpha value is -1.05. The third kappa shape index (κ3) is 1.99. The van der Waals surface area contributed by atoms with Crippen LogP contribution in [0.3, 0.4) is 0 Å². The lowest BCUT2D eigenvalue weighted by Gasteiger charge is -2.21. The zero-order chi connectivity index (χ0) is 11.1. The molecule has 0 saturated heterocycles. The summed E-state index contributed by atoms with van der Waals surface area (Å²) < 4.78 is 0. The summed E-state index contributed by atoms with van der Waals surface area (Å²) >= 11 is 6.21. The molecule has 1 nitrogen and oxygen atoms in total. The lowest BCUT2D eigenvalue weighted by molar-refractivity contribution is 0.555. The van der Waals surface area contributed by atoms with E-state index in [-0.39, 0.29) is 0 Å². The quantitative estimate of drug-likeness (QED) is 0.778. The van der Waals surface area contributed by atoms with Gasteiger partial charge in [0.25, 0.3) is 0 Å². The molecule has 0 atom stereocenters. The van der Waals surface area contributed by atoms with Crippen molar-refractivity contribution >= 4 is 22.4 Å². The van der Waals surface area contributed by atoms with Crippen LogP contribution in [-0.4, -0.2) is 0 Å². The van der Waals surface area contributed by atoms with Crippen molar-refractivity contribution in [3.05, 3.63) is 47.0 Å². The van der Waals surface area contributed by atoms with Crippen molar-refractivity contribution in [2.24, 2.45) is 5.73 Å². The number of benzene rings is 2. The van der Waals surface area contributed by atoms with Gasteiger partial charge < -0.3 is 5.73 Å². The van der Waals surface area contributed by atoms with Crippen LogP contribution in [0.2, 0.25) is 5.02 Å². The summed E-state index contributed by atoms with van der Waals surface area (Å²) in [5.74, 6) is 0. The summed E-state index contributed by atoms with van der Waals surface area (Å²) in [6.45, 7) is 3.92. The summed E-state index contributed by atoms with van der Waals surface area (Å²) in [7, 11) is 0. The van der Waals surface area contributed by atoms with E-state index >= 15 is 0 Å². The summed E-state index contributed by atoms with van der Waals surface area (Å²) in [5.41, 5.74) is 6.65. The molecule has 0 aromatic heterocycles. The van der Waals surface area contributed by atoms with Gasteiger partial charge in [0.15, 0.2) is 0 Å². The first-order chi connectivity index (χ1) is 6.98. The smallest absolute Gasteiger partial charge is 0.0462 e. The Labute approximate surface area is 94.9 Å². The van der Waals surface area contributed by atoms with Crippen molar-refractivity contribution in [2.45, 2.75) is 19.4 Å². The molecule has 0 unspecified atom stereocenters. The second-order valence-corrected chi connectivity index (χ2v) is 4.81. The van der Waals surface area contributed by atoms with E-state index in [4.69, 9.17) is 17.3 Å². The van der Waals surface area contributed by atoms with Gasteiger partial charge in [-0.15, -0.1) is 0 Å². The first kappa shape index (κ1) is 10.5. The van der Waals surface area contributed by atoms with Gasteiger partial charge in [-0.25, -0.2) is 0 Å². The van der Waals surface area contributed by atoms with Crippen molar-refractivity contribution in [3.63, 3.8) is 0 Å². The largest absolute Gasteiger partial charge is 0.322 e. The van der Waals surface area contributed by atoms with Crippen LogP contribution in [0.25, 0.3) is 10.8 Å². The monoisotopic (exact) mass is 219 g/mol.